The van der Waals surface area contributed by atoms with E-state index in [0.29, 0.717) is 0 Å². The predicted molar refractivity (Wildman–Crippen MR) is 103 cm³/mol. The third-order valence-electron chi connectivity index (χ3n) is 5.33. The summed E-state index contributed by atoms with van der Waals surface area (Å²) in [5, 5.41) is 8.10. The van der Waals surface area contributed by atoms with Crippen LogP contribution < -0.4 is 0 Å². The van der Waals surface area contributed by atoms with Crippen LogP contribution in [-0.2, 0) is 0 Å². The van der Waals surface area contributed by atoms with Gasteiger partial charge in [-0.25, -0.2) is 0 Å². The molecule has 0 aliphatic carbocycles. The molecule has 0 aliphatic heterocycles. The van der Waals surface area contributed by atoms with Crippen molar-refractivity contribution in [1.82, 2.24) is 4.40 Å². The summed E-state index contributed by atoms with van der Waals surface area (Å²) in [5.41, 5.74) is 5.28. The summed E-state index contributed by atoms with van der Waals surface area (Å²) in [6, 6.07) is 26.6. The van der Waals surface area contributed by atoms with Gasteiger partial charge in [-0.2, -0.15) is 0 Å². The maximum atomic E-state index is 2.45. The average molecular weight is 305 g/mol. The van der Waals surface area contributed by atoms with Gasteiger partial charge in [0.2, 0.25) is 0 Å². The Morgan fingerprint density at radius 1 is 0.625 bits per heavy atom. The Bertz CT molecular complexity index is 1400. The van der Waals surface area contributed by atoms with E-state index in [2.05, 4.69) is 84.1 Å². The number of aryl methyl sites for hydroxylation is 1. The number of rotatable bonds is 0. The van der Waals surface area contributed by atoms with Crippen LogP contribution in [-0.4, -0.2) is 4.40 Å². The lowest BCUT2D eigenvalue weighted by molar-refractivity contribution is 1.37. The molecule has 0 saturated heterocycles. The highest BCUT2D eigenvalue weighted by Crippen LogP contribution is 2.41. The third kappa shape index (κ3) is 1.32. The molecule has 0 amide bonds. The fourth-order valence-corrected chi connectivity index (χ4v) is 4.41. The number of fused-ring (bicyclic) bond motifs is 8. The van der Waals surface area contributed by atoms with Gasteiger partial charge in [-0.1, -0.05) is 48.5 Å². The van der Waals surface area contributed by atoms with Crippen LogP contribution in [0.3, 0.4) is 0 Å². The molecule has 0 bridgehead atoms. The van der Waals surface area contributed by atoms with Crippen LogP contribution in [0.15, 0.2) is 72.8 Å². The van der Waals surface area contributed by atoms with Crippen molar-refractivity contribution in [2.24, 2.45) is 0 Å². The van der Waals surface area contributed by atoms with Gasteiger partial charge in [-0.05, 0) is 47.5 Å². The molecule has 0 atom stereocenters. The molecule has 1 heteroatoms. The first-order chi connectivity index (χ1) is 11.8. The molecule has 1 nitrogen and oxygen atoms in total. The summed E-state index contributed by atoms with van der Waals surface area (Å²) in [7, 11) is 0. The molecule has 0 saturated carbocycles. The highest BCUT2D eigenvalue weighted by Gasteiger charge is 2.18. The van der Waals surface area contributed by atoms with Crippen molar-refractivity contribution in [2.45, 2.75) is 6.92 Å². The normalized spacial score (nSPS) is 12.4. The van der Waals surface area contributed by atoms with E-state index in [4.69, 9.17) is 0 Å². The van der Waals surface area contributed by atoms with Crippen LogP contribution in [0.2, 0.25) is 0 Å². The smallest absolute Gasteiger partial charge is 0.0620 e. The van der Waals surface area contributed by atoms with Crippen LogP contribution >= 0.6 is 0 Å². The average Bonchev–Trinajstić information content (AvgIpc) is 3.12. The van der Waals surface area contributed by atoms with Gasteiger partial charge in [-0.15, -0.1) is 0 Å². The van der Waals surface area contributed by atoms with Gasteiger partial charge in [0, 0.05) is 21.5 Å². The minimum absolute atomic E-state index is 1.30. The fourth-order valence-electron chi connectivity index (χ4n) is 4.41. The Kier molecular flexibility index (Phi) is 2.10. The van der Waals surface area contributed by atoms with Crippen LogP contribution in [0.25, 0.3) is 48.9 Å². The molecule has 4 aromatic carbocycles. The first kappa shape index (κ1) is 12.4. The Hall–Kier alpha value is -3.06. The molecule has 0 unspecified atom stereocenters. The second-order valence-corrected chi connectivity index (χ2v) is 6.74. The zero-order valence-corrected chi connectivity index (χ0v) is 13.4. The number of hydrogen-bond acceptors (Lipinski definition) is 0. The van der Waals surface area contributed by atoms with E-state index in [1.807, 2.05) is 0 Å². The Labute approximate surface area is 139 Å². The first-order valence-corrected chi connectivity index (χ1v) is 8.39. The van der Waals surface area contributed by atoms with E-state index in [1.165, 1.54) is 54.4 Å². The minimum Gasteiger partial charge on any atom is -0.308 e. The van der Waals surface area contributed by atoms with Crippen molar-refractivity contribution in [1.29, 1.82) is 0 Å². The summed E-state index contributed by atoms with van der Waals surface area (Å²) >= 11 is 0. The van der Waals surface area contributed by atoms with Crippen LogP contribution in [0.5, 0.6) is 0 Å². The van der Waals surface area contributed by atoms with E-state index in [-0.39, 0.29) is 0 Å². The van der Waals surface area contributed by atoms with E-state index in [1.54, 1.807) is 0 Å². The summed E-state index contributed by atoms with van der Waals surface area (Å²) in [5.74, 6) is 0. The van der Waals surface area contributed by atoms with Gasteiger partial charge in [0.15, 0.2) is 0 Å². The molecule has 0 N–H and O–H groups in total. The quantitative estimate of drug-likeness (QED) is 0.310. The zero-order chi connectivity index (χ0) is 15.8. The summed E-state index contributed by atoms with van der Waals surface area (Å²) < 4.78 is 2.45. The lowest BCUT2D eigenvalue weighted by Crippen LogP contribution is -1.80. The van der Waals surface area contributed by atoms with Crippen molar-refractivity contribution < 1.29 is 0 Å². The molecule has 2 aromatic heterocycles. The van der Waals surface area contributed by atoms with Crippen molar-refractivity contribution in [3.05, 3.63) is 78.4 Å². The highest BCUT2D eigenvalue weighted by molar-refractivity contribution is 6.28. The highest BCUT2D eigenvalue weighted by atomic mass is 14.9. The Morgan fingerprint density at radius 2 is 1.38 bits per heavy atom. The van der Waals surface area contributed by atoms with Gasteiger partial charge in [0.05, 0.1) is 16.6 Å². The van der Waals surface area contributed by atoms with Crippen LogP contribution in [0.1, 0.15) is 5.56 Å². The molecule has 112 valence electrons. The van der Waals surface area contributed by atoms with E-state index in [0.717, 1.165) is 0 Å². The standard InChI is InChI=1S/C23H15N/c1-14-12-18-17-8-4-5-9-20(17)24-21-11-10-15-6-2-3-7-16(15)22(21)19(13-14)23(18)24/h2-13H,1H3. The van der Waals surface area contributed by atoms with Crippen molar-refractivity contribution in [2.75, 3.05) is 0 Å². The monoisotopic (exact) mass is 305 g/mol. The van der Waals surface area contributed by atoms with E-state index in [9.17, 15) is 0 Å². The molecule has 6 aromatic rings. The van der Waals surface area contributed by atoms with Crippen molar-refractivity contribution in [3.8, 4) is 0 Å². The Balaban J connectivity index is 2.08. The van der Waals surface area contributed by atoms with Crippen molar-refractivity contribution in [3.63, 3.8) is 0 Å². The number of para-hydroxylation sites is 1. The number of aromatic nitrogens is 1. The second-order valence-electron chi connectivity index (χ2n) is 6.74. The molecule has 2 heterocycles. The van der Waals surface area contributed by atoms with Gasteiger partial charge < -0.3 is 4.40 Å². The number of hydrogen-bond donors (Lipinski definition) is 0. The molecule has 24 heavy (non-hydrogen) atoms. The lowest BCUT2D eigenvalue weighted by Gasteiger charge is -2.02. The molecule has 6 rings (SSSR count). The predicted octanol–water partition coefficient (Wildman–Crippen LogP) is 6.30. The van der Waals surface area contributed by atoms with Gasteiger partial charge >= 0.3 is 0 Å². The Morgan fingerprint density at radius 3 is 2.29 bits per heavy atom. The van der Waals surface area contributed by atoms with Crippen molar-refractivity contribution >= 4 is 48.9 Å². The first-order valence-electron chi connectivity index (χ1n) is 8.39. The zero-order valence-electron chi connectivity index (χ0n) is 13.4. The second kappa shape index (κ2) is 4.07. The largest absolute Gasteiger partial charge is 0.308 e. The third-order valence-corrected chi connectivity index (χ3v) is 5.33. The van der Waals surface area contributed by atoms with Gasteiger partial charge in [0.1, 0.15) is 0 Å². The lowest BCUT2D eigenvalue weighted by atomic mass is 10.0. The molecule has 0 spiro atoms. The minimum atomic E-state index is 1.30. The maximum absolute atomic E-state index is 2.45. The molecular weight excluding hydrogens is 290 g/mol. The topological polar surface area (TPSA) is 4.41 Å². The van der Waals surface area contributed by atoms with Gasteiger partial charge in [-0.3, -0.25) is 0 Å². The van der Waals surface area contributed by atoms with Gasteiger partial charge in [0.25, 0.3) is 0 Å². The molecular formula is C23H15N. The van der Waals surface area contributed by atoms with Crippen LogP contribution in [0.4, 0.5) is 0 Å². The van der Waals surface area contributed by atoms with Crippen LogP contribution in [0, 0.1) is 6.92 Å². The van der Waals surface area contributed by atoms with E-state index >= 15 is 0 Å². The number of benzene rings is 4. The maximum Gasteiger partial charge on any atom is 0.0620 e. The molecule has 0 aliphatic rings. The fraction of sp³-hybridized carbons (Fsp3) is 0.0435. The van der Waals surface area contributed by atoms with E-state index < -0.39 is 0 Å². The molecule has 0 radical (unpaired) electrons. The summed E-state index contributed by atoms with van der Waals surface area (Å²) in [6.07, 6.45) is 0. The summed E-state index contributed by atoms with van der Waals surface area (Å²) in [6.45, 7) is 2.20. The molecule has 0 fully saturated rings. The SMILES string of the molecule is Cc1cc2c3ccccc3n3c4ccc5ccccc5c4c(c1)c23. The summed E-state index contributed by atoms with van der Waals surface area (Å²) in [4.78, 5) is 0. The number of nitrogens with zero attached hydrogens (tertiary/aromatic N) is 1.